The number of carbonyl (C=O) groups excluding carboxylic acids is 1. The Bertz CT molecular complexity index is 1190. The number of amides is 1. The highest BCUT2D eigenvalue weighted by Gasteiger charge is 2.34. The largest absolute Gasteiger partial charge is 0.379 e. The SMILES string of the molecule is O=C(c1ccc(S(=O)(=O)N2CCOCC2)cc1)N(Cc1cccc2[nH]ccc12)C1CC1. The average Bonchev–Trinajstić information content (AvgIpc) is 3.53. The lowest BCUT2D eigenvalue weighted by atomic mass is 10.1. The van der Waals surface area contributed by atoms with Crippen molar-refractivity contribution in [1.82, 2.24) is 14.2 Å². The number of hydrogen-bond acceptors (Lipinski definition) is 4. The topological polar surface area (TPSA) is 82.7 Å². The number of benzene rings is 2. The van der Waals surface area contributed by atoms with Crippen molar-refractivity contribution in [3.05, 3.63) is 65.9 Å². The third kappa shape index (κ3) is 3.98. The maximum Gasteiger partial charge on any atom is 0.254 e. The Morgan fingerprint density at radius 3 is 2.52 bits per heavy atom. The average molecular weight is 440 g/mol. The number of hydrogen-bond donors (Lipinski definition) is 1. The van der Waals surface area contributed by atoms with Crippen LogP contribution in [0.15, 0.2) is 59.6 Å². The lowest BCUT2D eigenvalue weighted by molar-refractivity contribution is 0.0729. The summed E-state index contributed by atoms with van der Waals surface area (Å²) in [5.41, 5.74) is 2.66. The molecule has 1 amide bonds. The Morgan fingerprint density at radius 1 is 1.06 bits per heavy atom. The van der Waals surface area contributed by atoms with Crippen LogP contribution in [0.5, 0.6) is 0 Å². The number of nitrogens with zero attached hydrogens (tertiary/aromatic N) is 2. The molecule has 8 heteroatoms. The predicted molar refractivity (Wildman–Crippen MR) is 117 cm³/mol. The van der Waals surface area contributed by atoms with Crippen LogP contribution in [-0.4, -0.2) is 60.9 Å². The fourth-order valence-corrected chi connectivity index (χ4v) is 5.50. The van der Waals surface area contributed by atoms with Crippen molar-refractivity contribution in [3.8, 4) is 0 Å². The molecule has 2 heterocycles. The second-order valence-electron chi connectivity index (χ2n) is 8.06. The number of carbonyl (C=O) groups is 1. The zero-order valence-electron chi connectivity index (χ0n) is 17.2. The predicted octanol–water partition coefficient (Wildman–Crippen LogP) is 2.99. The smallest absolute Gasteiger partial charge is 0.254 e. The van der Waals surface area contributed by atoms with Crippen molar-refractivity contribution in [2.75, 3.05) is 26.3 Å². The third-order valence-corrected chi connectivity index (χ3v) is 7.90. The van der Waals surface area contributed by atoms with Gasteiger partial charge >= 0.3 is 0 Å². The Kier molecular flexibility index (Phi) is 5.29. The standard InChI is InChI=1S/C23H25N3O4S/c27-23(17-4-8-20(9-5-17)31(28,29)25-12-14-30-15-13-25)26(19-6-7-19)16-18-2-1-3-22-21(18)10-11-24-22/h1-5,8-11,19,24H,6-7,12-16H2. The van der Waals surface area contributed by atoms with Crippen molar-refractivity contribution >= 4 is 26.8 Å². The normalized spacial score (nSPS) is 17.7. The number of aromatic amines is 1. The minimum absolute atomic E-state index is 0.0645. The van der Waals surface area contributed by atoms with Crippen LogP contribution in [0.3, 0.4) is 0 Å². The summed E-state index contributed by atoms with van der Waals surface area (Å²) in [5.74, 6) is -0.0645. The molecule has 5 rings (SSSR count). The van der Waals surface area contributed by atoms with E-state index in [4.69, 9.17) is 4.74 Å². The van der Waals surface area contributed by atoms with Gasteiger partial charge in [0.05, 0.1) is 18.1 Å². The number of ether oxygens (including phenoxy) is 1. The van der Waals surface area contributed by atoms with Crippen molar-refractivity contribution in [1.29, 1.82) is 0 Å². The lowest BCUT2D eigenvalue weighted by Crippen LogP contribution is -2.40. The number of sulfonamides is 1. The molecule has 7 nitrogen and oxygen atoms in total. The summed E-state index contributed by atoms with van der Waals surface area (Å²) in [6, 6.07) is 14.7. The van der Waals surface area contributed by atoms with Gasteiger partial charge in [-0.25, -0.2) is 8.42 Å². The Morgan fingerprint density at radius 2 is 1.81 bits per heavy atom. The number of fused-ring (bicyclic) bond motifs is 1. The molecular formula is C23H25N3O4S. The molecule has 1 aliphatic carbocycles. The number of rotatable bonds is 6. The minimum atomic E-state index is -3.57. The van der Waals surface area contributed by atoms with E-state index in [2.05, 4.69) is 11.1 Å². The molecule has 2 fully saturated rings. The molecule has 1 saturated carbocycles. The van der Waals surface area contributed by atoms with Gasteiger partial charge in [0.1, 0.15) is 0 Å². The molecule has 1 aromatic heterocycles. The van der Waals surface area contributed by atoms with Crippen LogP contribution >= 0.6 is 0 Å². The zero-order valence-corrected chi connectivity index (χ0v) is 18.0. The van der Waals surface area contributed by atoms with Crippen molar-refractivity contribution in [2.24, 2.45) is 0 Å². The molecule has 2 aromatic carbocycles. The van der Waals surface area contributed by atoms with Gasteiger partial charge in [0.25, 0.3) is 5.91 Å². The van der Waals surface area contributed by atoms with E-state index in [1.807, 2.05) is 29.3 Å². The molecule has 0 bridgehead atoms. The first kappa shape index (κ1) is 20.2. The minimum Gasteiger partial charge on any atom is -0.379 e. The summed E-state index contributed by atoms with van der Waals surface area (Å²) in [6.45, 7) is 2.04. The van der Waals surface area contributed by atoms with Gasteiger partial charge in [-0.3, -0.25) is 4.79 Å². The number of aromatic nitrogens is 1. The molecule has 0 radical (unpaired) electrons. The molecular weight excluding hydrogens is 414 g/mol. The molecule has 1 aliphatic heterocycles. The van der Waals surface area contributed by atoms with E-state index in [-0.39, 0.29) is 16.8 Å². The van der Waals surface area contributed by atoms with E-state index in [0.717, 1.165) is 29.3 Å². The van der Waals surface area contributed by atoms with Gasteiger partial charge in [-0.15, -0.1) is 0 Å². The first-order chi connectivity index (χ1) is 15.0. The summed E-state index contributed by atoms with van der Waals surface area (Å²) in [7, 11) is -3.57. The van der Waals surface area contributed by atoms with Crippen LogP contribution in [-0.2, 0) is 21.3 Å². The van der Waals surface area contributed by atoms with Crippen LogP contribution < -0.4 is 0 Å². The highest BCUT2D eigenvalue weighted by atomic mass is 32.2. The number of H-pyrrole nitrogens is 1. The molecule has 3 aromatic rings. The maximum absolute atomic E-state index is 13.3. The van der Waals surface area contributed by atoms with Crippen molar-refractivity contribution < 1.29 is 17.9 Å². The van der Waals surface area contributed by atoms with Crippen LogP contribution in [0.25, 0.3) is 10.9 Å². The van der Waals surface area contributed by atoms with Gasteiger partial charge in [0.2, 0.25) is 10.0 Å². The Balaban J connectivity index is 1.37. The van der Waals surface area contributed by atoms with Gasteiger partial charge in [-0.1, -0.05) is 12.1 Å². The van der Waals surface area contributed by atoms with Gasteiger partial charge in [-0.05, 0) is 54.8 Å². The van der Waals surface area contributed by atoms with Crippen molar-refractivity contribution in [3.63, 3.8) is 0 Å². The monoisotopic (exact) mass is 439 g/mol. The zero-order chi connectivity index (χ0) is 21.4. The van der Waals surface area contributed by atoms with E-state index < -0.39 is 10.0 Å². The first-order valence-electron chi connectivity index (χ1n) is 10.6. The molecule has 1 saturated heterocycles. The van der Waals surface area contributed by atoms with Gasteiger partial charge in [0.15, 0.2) is 0 Å². The fraction of sp³-hybridized carbons (Fsp3) is 0.348. The molecule has 162 valence electrons. The van der Waals surface area contributed by atoms with Gasteiger partial charge in [-0.2, -0.15) is 4.31 Å². The summed E-state index contributed by atoms with van der Waals surface area (Å²) in [6.07, 6.45) is 3.90. The number of morpholine rings is 1. The van der Waals surface area contributed by atoms with E-state index in [1.54, 1.807) is 12.1 Å². The second-order valence-corrected chi connectivity index (χ2v) is 10.00. The fourth-order valence-electron chi connectivity index (χ4n) is 4.10. The molecule has 2 aliphatic rings. The van der Waals surface area contributed by atoms with Crippen molar-refractivity contribution in [2.45, 2.75) is 30.3 Å². The van der Waals surface area contributed by atoms with E-state index in [1.165, 1.54) is 16.4 Å². The molecule has 31 heavy (non-hydrogen) atoms. The second kappa shape index (κ2) is 8.11. The highest BCUT2D eigenvalue weighted by Crippen LogP contribution is 2.31. The first-order valence-corrected chi connectivity index (χ1v) is 12.0. The van der Waals surface area contributed by atoms with Crippen LogP contribution in [0, 0.1) is 0 Å². The summed E-state index contributed by atoms with van der Waals surface area (Å²) in [4.78, 5) is 18.6. The van der Waals surface area contributed by atoms with Gasteiger partial charge in [0, 0.05) is 48.3 Å². The molecule has 0 spiro atoms. The van der Waals surface area contributed by atoms with Gasteiger partial charge < -0.3 is 14.6 Å². The molecule has 0 unspecified atom stereocenters. The summed E-state index contributed by atoms with van der Waals surface area (Å²) in [5, 5.41) is 1.12. The van der Waals surface area contributed by atoms with E-state index in [9.17, 15) is 13.2 Å². The Labute approximate surface area is 181 Å². The highest BCUT2D eigenvalue weighted by molar-refractivity contribution is 7.89. The van der Waals surface area contributed by atoms with E-state index >= 15 is 0 Å². The summed E-state index contributed by atoms with van der Waals surface area (Å²) < 4.78 is 32.3. The molecule has 0 atom stereocenters. The number of nitrogens with one attached hydrogen (secondary N) is 1. The van der Waals surface area contributed by atoms with Crippen LogP contribution in [0.1, 0.15) is 28.8 Å². The lowest BCUT2D eigenvalue weighted by Gasteiger charge is -2.26. The summed E-state index contributed by atoms with van der Waals surface area (Å²) >= 11 is 0. The molecule has 1 N–H and O–H groups in total. The quantitative estimate of drug-likeness (QED) is 0.640. The van der Waals surface area contributed by atoms with E-state index in [0.29, 0.717) is 38.4 Å². The van der Waals surface area contributed by atoms with Crippen LogP contribution in [0.4, 0.5) is 0 Å². The third-order valence-electron chi connectivity index (χ3n) is 5.98. The van der Waals surface area contributed by atoms with Crippen LogP contribution in [0.2, 0.25) is 0 Å². The Hall–Kier alpha value is -2.68. The maximum atomic E-state index is 13.3.